The van der Waals surface area contributed by atoms with E-state index in [1.165, 1.54) is 29.2 Å². The number of non-ortho nitro benzene ring substituents is 1. The van der Waals surface area contributed by atoms with Gasteiger partial charge in [0, 0.05) is 17.2 Å². The molecule has 0 bridgehead atoms. The standard InChI is InChI=1S/C13H10ClN3O3/c14-9-1-3-10(4-2-9)16(13(15)18)11-5-7-12(8-6-11)17(19)20/h1-8H,(H2,15,18). The molecular formula is C13H10ClN3O3. The van der Waals surface area contributed by atoms with Gasteiger partial charge in [0.25, 0.3) is 5.69 Å². The molecule has 0 aliphatic heterocycles. The fourth-order valence-electron chi connectivity index (χ4n) is 1.72. The maximum Gasteiger partial charge on any atom is 0.323 e. The Morgan fingerprint density at radius 3 is 1.90 bits per heavy atom. The Labute approximate surface area is 119 Å². The van der Waals surface area contributed by atoms with Gasteiger partial charge < -0.3 is 5.73 Å². The van der Waals surface area contributed by atoms with Crippen LogP contribution in [0.15, 0.2) is 48.5 Å². The zero-order chi connectivity index (χ0) is 14.7. The van der Waals surface area contributed by atoms with Crippen LogP contribution >= 0.6 is 11.6 Å². The minimum absolute atomic E-state index is 0.0609. The van der Waals surface area contributed by atoms with Gasteiger partial charge in [-0.25, -0.2) is 4.79 Å². The van der Waals surface area contributed by atoms with Crippen molar-refractivity contribution >= 4 is 34.7 Å². The van der Waals surface area contributed by atoms with Gasteiger partial charge in [-0.3, -0.25) is 15.0 Å². The second-order valence-electron chi connectivity index (χ2n) is 3.92. The fraction of sp³-hybridized carbons (Fsp3) is 0. The van der Waals surface area contributed by atoms with Crippen LogP contribution < -0.4 is 10.6 Å². The molecule has 0 aliphatic carbocycles. The number of urea groups is 1. The van der Waals surface area contributed by atoms with E-state index >= 15 is 0 Å². The van der Waals surface area contributed by atoms with Crippen LogP contribution in [0.3, 0.4) is 0 Å². The van der Waals surface area contributed by atoms with E-state index in [4.69, 9.17) is 17.3 Å². The van der Waals surface area contributed by atoms with Crippen LogP contribution in [0.2, 0.25) is 5.02 Å². The Morgan fingerprint density at radius 1 is 1.05 bits per heavy atom. The Balaban J connectivity index is 2.40. The molecule has 2 aromatic carbocycles. The van der Waals surface area contributed by atoms with Gasteiger partial charge in [0.2, 0.25) is 0 Å². The number of hydrogen-bond acceptors (Lipinski definition) is 3. The van der Waals surface area contributed by atoms with Gasteiger partial charge in [-0.05, 0) is 36.4 Å². The SMILES string of the molecule is NC(=O)N(c1ccc(Cl)cc1)c1ccc([N+](=O)[O-])cc1. The number of carbonyl (C=O) groups excluding carboxylic acids is 1. The number of nitrogens with zero attached hydrogens (tertiary/aromatic N) is 2. The van der Waals surface area contributed by atoms with Crippen LogP contribution in [0, 0.1) is 10.1 Å². The first-order chi connectivity index (χ1) is 9.49. The number of nitro groups is 1. The Hall–Kier alpha value is -2.60. The zero-order valence-corrected chi connectivity index (χ0v) is 10.9. The molecule has 0 aromatic heterocycles. The third kappa shape index (κ3) is 2.86. The normalized spacial score (nSPS) is 10.1. The highest BCUT2D eigenvalue weighted by atomic mass is 35.5. The summed E-state index contributed by atoms with van der Waals surface area (Å²) in [6, 6.07) is 11.3. The minimum Gasteiger partial charge on any atom is -0.351 e. The number of rotatable bonds is 3. The molecule has 2 aromatic rings. The molecule has 0 saturated carbocycles. The summed E-state index contributed by atoms with van der Waals surface area (Å²) in [6.45, 7) is 0. The highest BCUT2D eigenvalue weighted by molar-refractivity contribution is 6.30. The van der Waals surface area contributed by atoms with E-state index in [2.05, 4.69) is 0 Å². The summed E-state index contributed by atoms with van der Waals surface area (Å²) in [5.74, 6) is 0. The van der Waals surface area contributed by atoms with Gasteiger partial charge in [0.05, 0.1) is 16.3 Å². The average Bonchev–Trinajstić information content (AvgIpc) is 2.41. The van der Waals surface area contributed by atoms with Crippen molar-refractivity contribution in [1.82, 2.24) is 0 Å². The lowest BCUT2D eigenvalue weighted by molar-refractivity contribution is -0.384. The smallest absolute Gasteiger partial charge is 0.323 e. The minimum atomic E-state index is -0.693. The molecule has 0 spiro atoms. The van der Waals surface area contributed by atoms with E-state index in [-0.39, 0.29) is 5.69 Å². The fourth-order valence-corrected chi connectivity index (χ4v) is 1.84. The molecule has 20 heavy (non-hydrogen) atoms. The number of amides is 2. The van der Waals surface area contributed by atoms with Gasteiger partial charge in [-0.2, -0.15) is 0 Å². The molecule has 0 radical (unpaired) electrons. The third-order valence-electron chi connectivity index (χ3n) is 2.62. The number of carbonyl (C=O) groups is 1. The molecule has 6 nitrogen and oxygen atoms in total. The third-order valence-corrected chi connectivity index (χ3v) is 2.88. The average molecular weight is 292 g/mol. The predicted molar refractivity (Wildman–Crippen MR) is 76.3 cm³/mol. The largest absolute Gasteiger partial charge is 0.351 e. The highest BCUT2D eigenvalue weighted by Crippen LogP contribution is 2.27. The van der Waals surface area contributed by atoms with E-state index in [9.17, 15) is 14.9 Å². The number of halogens is 1. The summed E-state index contributed by atoms with van der Waals surface area (Å²) < 4.78 is 0. The van der Waals surface area contributed by atoms with Crippen molar-refractivity contribution in [1.29, 1.82) is 0 Å². The molecule has 102 valence electrons. The summed E-state index contributed by atoms with van der Waals surface area (Å²) in [5.41, 5.74) is 6.26. The van der Waals surface area contributed by atoms with Crippen molar-refractivity contribution in [2.45, 2.75) is 0 Å². The second kappa shape index (κ2) is 5.58. The van der Waals surface area contributed by atoms with Crippen molar-refractivity contribution in [3.8, 4) is 0 Å². The van der Waals surface area contributed by atoms with Gasteiger partial charge in [-0.15, -0.1) is 0 Å². The quantitative estimate of drug-likeness (QED) is 0.693. The first-order valence-electron chi connectivity index (χ1n) is 5.58. The summed E-state index contributed by atoms with van der Waals surface area (Å²) >= 11 is 5.79. The molecule has 0 unspecified atom stereocenters. The Morgan fingerprint density at radius 2 is 1.50 bits per heavy atom. The van der Waals surface area contributed by atoms with E-state index < -0.39 is 11.0 Å². The molecule has 0 saturated heterocycles. The summed E-state index contributed by atoms with van der Waals surface area (Å²) in [6.07, 6.45) is 0. The molecule has 0 atom stereocenters. The molecule has 7 heteroatoms. The first kappa shape index (κ1) is 13.8. The van der Waals surface area contributed by atoms with Gasteiger partial charge in [0.1, 0.15) is 0 Å². The number of primary amides is 1. The van der Waals surface area contributed by atoms with Crippen LogP contribution in [0.1, 0.15) is 0 Å². The molecule has 0 fully saturated rings. The van der Waals surface area contributed by atoms with Crippen LogP contribution in [0.25, 0.3) is 0 Å². The van der Waals surface area contributed by atoms with Crippen molar-refractivity contribution in [3.05, 3.63) is 63.7 Å². The van der Waals surface area contributed by atoms with E-state index in [0.29, 0.717) is 16.4 Å². The van der Waals surface area contributed by atoms with Crippen molar-refractivity contribution < 1.29 is 9.72 Å². The number of hydrogen-bond donors (Lipinski definition) is 1. The predicted octanol–water partition coefficient (Wildman–Crippen LogP) is 3.47. The number of nitrogens with two attached hydrogens (primary N) is 1. The van der Waals surface area contributed by atoms with Crippen molar-refractivity contribution in [2.24, 2.45) is 5.73 Å². The van der Waals surface area contributed by atoms with Gasteiger partial charge in [-0.1, -0.05) is 11.6 Å². The summed E-state index contributed by atoms with van der Waals surface area (Å²) in [5, 5.41) is 11.1. The number of nitro benzene ring substituents is 1. The molecule has 2 N–H and O–H groups in total. The molecule has 2 amide bonds. The highest BCUT2D eigenvalue weighted by Gasteiger charge is 2.16. The van der Waals surface area contributed by atoms with Crippen LogP contribution in [-0.2, 0) is 0 Å². The number of benzene rings is 2. The van der Waals surface area contributed by atoms with E-state index in [1.807, 2.05) is 0 Å². The lowest BCUT2D eigenvalue weighted by Gasteiger charge is -2.20. The second-order valence-corrected chi connectivity index (χ2v) is 4.36. The van der Waals surface area contributed by atoms with Gasteiger partial charge in [0.15, 0.2) is 0 Å². The van der Waals surface area contributed by atoms with Crippen molar-refractivity contribution in [3.63, 3.8) is 0 Å². The van der Waals surface area contributed by atoms with Crippen LogP contribution in [0.4, 0.5) is 21.9 Å². The van der Waals surface area contributed by atoms with Crippen LogP contribution in [-0.4, -0.2) is 11.0 Å². The molecule has 0 heterocycles. The monoisotopic (exact) mass is 291 g/mol. The lowest BCUT2D eigenvalue weighted by atomic mass is 10.2. The molecule has 0 aliphatic rings. The lowest BCUT2D eigenvalue weighted by Crippen LogP contribution is -2.31. The van der Waals surface area contributed by atoms with Crippen LogP contribution in [0.5, 0.6) is 0 Å². The van der Waals surface area contributed by atoms with E-state index in [0.717, 1.165) is 0 Å². The Kier molecular flexibility index (Phi) is 3.86. The zero-order valence-electron chi connectivity index (χ0n) is 10.2. The maximum atomic E-state index is 11.6. The molecule has 2 rings (SSSR count). The summed E-state index contributed by atoms with van der Waals surface area (Å²) in [4.78, 5) is 22.9. The maximum absolute atomic E-state index is 11.6. The molecular weight excluding hydrogens is 282 g/mol. The Bertz CT molecular complexity index is 641. The van der Waals surface area contributed by atoms with Gasteiger partial charge >= 0.3 is 6.03 Å². The number of anilines is 2. The van der Waals surface area contributed by atoms with E-state index in [1.54, 1.807) is 24.3 Å². The summed E-state index contributed by atoms with van der Waals surface area (Å²) in [7, 11) is 0. The topological polar surface area (TPSA) is 89.5 Å². The first-order valence-corrected chi connectivity index (χ1v) is 5.96. The van der Waals surface area contributed by atoms with Crippen molar-refractivity contribution in [2.75, 3.05) is 4.90 Å².